The van der Waals surface area contributed by atoms with Crippen molar-refractivity contribution in [1.82, 2.24) is 4.57 Å². The molecule has 0 atom stereocenters. The fourth-order valence-electron chi connectivity index (χ4n) is 2.47. The maximum atomic E-state index is 12.1. The number of fused-ring (bicyclic) bond motifs is 1. The fourth-order valence-corrected chi connectivity index (χ4v) is 3.13. The lowest BCUT2D eigenvalue weighted by Gasteiger charge is -2.07. The van der Waals surface area contributed by atoms with E-state index < -0.39 is 15.6 Å². The zero-order chi connectivity index (χ0) is 18.0. The van der Waals surface area contributed by atoms with Crippen LogP contribution in [0.25, 0.3) is 11.1 Å². The first-order valence-corrected chi connectivity index (χ1v) is 9.42. The van der Waals surface area contributed by atoms with Gasteiger partial charge in [-0.05, 0) is 30.3 Å². The second-order valence-electron chi connectivity index (χ2n) is 5.59. The number of hydrogen-bond acceptors (Lipinski definition) is 5. The molecule has 2 aromatic carbocycles. The Bertz CT molecular complexity index is 1100. The SMILES string of the molecule is CS(=O)(=O)c1cccc(NC(=O)CCn2c(=O)oc3ccccc32)c1. The van der Waals surface area contributed by atoms with E-state index in [9.17, 15) is 18.0 Å². The van der Waals surface area contributed by atoms with E-state index >= 15 is 0 Å². The first-order chi connectivity index (χ1) is 11.8. The molecule has 8 heteroatoms. The van der Waals surface area contributed by atoms with Gasteiger partial charge in [0.05, 0.1) is 10.4 Å². The van der Waals surface area contributed by atoms with E-state index in [2.05, 4.69) is 5.32 Å². The van der Waals surface area contributed by atoms with Gasteiger partial charge >= 0.3 is 5.76 Å². The van der Waals surface area contributed by atoms with Crippen LogP contribution in [-0.4, -0.2) is 25.1 Å². The van der Waals surface area contributed by atoms with Crippen molar-refractivity contribution in [3.05, 3.63) is 59.1 Å². The molecule has 3 rings (SSSR count). The van der Waals surface area contributed by atoms with E-state index in [0.717, 1.165) is 6.26 Å². The number of rotatable bonds is 5. The second-order valence-corrected chi connectivity index (χ2v) is 7.60. The van der Waals surface area contributed by atoms with Crippen LogP contribution < -0.4 is 11.1 Å². The summed E-state index contributed by atoms with van der Waals surface area (Å²) in [4.78, 5) is 24.1. The Hall–Kier alpha value is -2.87. The lowest BCUT2D eigenvalue weighted by atomic mass is 10.3. The monoisotopic (exact) mass is 360 g/mol. The summed E-state index contributed by atoms with van der Waals surface area (Å²) in [6, 6.07) is 13.0. The molecule has 0 radical (unpaired) electrons. The average Bonchev–Trinajstić information content (AvgIpc) is 2.87. The van der Waals surface area contributed by atoms with Gasteiger partial charge in [0, 0.05) is 24.9 Å². The van der Waals surface area contributed by atoms with Crippen LogP contribution in [0.4, 0.5) is 5.69 Å². The lowest BCUT2D eigenvalue weighted by molar-refractivity contribution is -0.116. The van der Waals surface area contributed by atoms with Crippen LogP contribution in [0.2, 0.25) is 0 Å². The van der Waals surface area contributed by atoms with Crippen molar-refractivity contribution in [1.29, 1.82) is 0 Å². The van der Waals surface area contributed by atoms with Crippen molar-refractivity contribution in [3.63, 3.8) is 0 Å². The maximum Gasteiger partial charge on any atom is 0.419 e. The minimum Gasteiger partial charge on any atom is -0.408 e. The molecule has 0 unspecified atom stereocenters. The number of carbonyl (C=O) groups excluding carboxylic acids is 1. The van der Waals surface area contributed by atoms with Crippen LogP contribution in [0.15, 0.2) is 62.6 Å². The number of nitrogens with one attached hydrogen (secondary N) is 1. The van der Waals surface area contributed by atoms with Crippen LogP contribution in [0, 0.1) is 0 Å². The number of carbonyl (C=O) groups is 1. The summed E-state index contributed by atoms with van der Waals surface area (Å²) in [6.45, 7) is 0.160. The van der Waals surface area contributed by atoms with E-state index in [1.807, 2.05) is 0 Å². The Balaban J connectivity index is 1.71. The predicted octanol–water partition coefficient (Wildman–Crippen LogP) is 2.03. The summed E-state index contributed by atoms with van der Waals surface area (Å²) >= 11 is 0. The summed E-state index contributed by atoms with van der Waals surface area (Å²) in [7, 11) is -3.35. The van der Waals surface area contributed by atoms with Gasteiger partial charge in [0.25, 0.3) is 0 Å². The minimum absolute atomic E-state index is 0.0482. The van der Waals surface area contributed by atoms with E-state index in [-0.39, 0.29) is 23.8 Å². The molecular weight excluding hydrogens is 344 g/mol. The molecule has 0 fully saturated rings. The van der Waals surface area contributed by atoms with Gasteiger partial charge in [0.1, 0.15) is 0 Å². The predicted molar refractivity (Wildman–Crippen MR) is 93.3 cm³/mol. The minimum atomic E-state index is -3.35. The summed E-state index contributed by atoms with van der Waals surface area (Å²) < 4.78 is 29.6. The molecule has 0 saturated carbocycles. The Morgan fingerprint density at radius 3 is 2.68 bits per heavy atom. The first kappa shape index (κ1) is 17.0. The van der Waals surface area contributed by atoms with E-state index in [1.165, 1.54) is 16.7 Å². The summed E-state index contributed by atoms with van der Waals surface area (Å²) in [6.07, 6.45) is 1.15. The molecule has 1 aromatic heterocycles. The van der Waals surface area contributed by atoms with Gasteiger partial charge in [-0.25, -0.2) is 13.2 Å². The molecule has 0 bridgehead atoms. The number of para-hydroxylation sites is 2. The highest BCUT2D eigenvalue weighted by Gasteiger charge is 2.12. The number of aryl methyl sites for hydroxylation is 1. The first-order valence-electron chi connectivity index (χ1n) is 7.53. The Labute approximate surface area is 143 Å². The number of hydrogen-bond donors (Lipinski definition) is 1. The van der Waals surface area contributed by atoms with E-state index in [1.54, 1.807) is 36.4 Å². The molecule has 3 aromatic rings. The normalized spacial score (nSPS) is 11.6. The second kappa shape index (κ2) is 6.56. The molecule has 0 saturated heterocycles. The highest BCUT2D eigenvalue weighted by atomic mass is 32.2. The van der Waals surface area contributed by atoms with E-state index in [4.69, 9.17) is 4.42 Å². The van der Waals surface area contributed by atoms with Gasteiger partial charge in [-0.15, -0.1) is 0 Å². The molecule has 25 heavy (non-hydrogen) atoms. The highest BCUT2D eigenvalue weighted by molar-refractivity contribution is 7.90. The number of amides is 1. The smallest absolute Gasteiger partial charge is 0.408 e. The average molecular weight is 360 g/mol. The zero-order valence-electron chi connectivity index (χ0n) is 13.4. The molecule has 7 nitrogen and oxygen atoms in total. The van der Waals surface area contributed by atoms with Crippen molar-refractivity contribution in [2.24, 2.45) is 0 Å². The highest BCUT2D eigenvalue weighted by Crippen LogP contribution is 2.16. The number of benzene rings is 2. The Morgan fingerprint density at radius 2 is 1.92 bits per heavy atom. The molecule has 0 spiro atoms. The number of sulfone groups is 1. The summed E-state index contributed by atoms with van der Waals surface area (Å²) in [5, 5.41) is 2.64. The molecule has 0 aliphatic carbocycles. The number of oxazole rings is 1. The topological polar surface area (TPSA) is 98.4 Å². The summed E-state index contributed by atoms with van der Waals surface area (Å²) in [5.74, 6) is -0.851. The third kappa shape index (κ3) is 3.80. The van der Waals surface area contributed by atoms with Crippen LogP contribution in [-0.2, 0) is 21.2 Å². The van der Waals surface area contributed by atoms with Crippen molar-refractivity contribution in [2.75, 3.05) is 11.6 Å². The maximum absolute atomic E-state index is 12.1. The van der Waals surface area contributed by atoms with Crippen molar-refractivity contribution < 1.29 is 17.6 Å². The van der Waals surface area contributed by atoms with Crippen LogP contribution in [0.3, 0.4) is 0 Å². The van der Waals surface area contributed by atoms with Crippen molar-refractivity contribution in [2.45, 2.75) is 17.9 Å². The van der Waals surface area contributed by atoms with Crippen molar-refractivity contribution >= 4 is 32.5 Å². The largest absolute Gasteiger partial charge is 0.419 e. The summed E-state index contributed by atoms with van der Waals surface area (Å²) in [5.41, 5.74) is 1.48. The molecular formula is C17H16N2O5S. The fraction of sp³-hybridized carbons (Fsp3) is 0.176. The molecule has 1 N–H and O–H groups in total. The third-order valence-electron chi connectivity index (χ3n) is 3.68. The quantitative estimate of drug-likeness (QED) is 0.751. The molecule has 1 heterocycles. The number of anilines is 1. The van der Waals surface area contributed by atoms with Crippen LogP contribution in [0.5, 0.6) is 0 Å². The van der Waals surface area contributed by atoms with Gasteiger partial charge in [-0.2, -0.15) is 0 Å². The van der Waals surface area contributed by atoms with Gasteiger partial charge < -0.3 is 9.73 Å². The van der Waals surface area contributed by atoms with Crippen LogP contribution in [0.1, 0.15) is 6.42 Å². The Morgan fingerprint density at radius 1 is 1.16 bits per heavy atom. The van der Waals surface area contributed by atoms with E-state index in [0.29, 0.717) is 16.8 Å². The molecule has 0 aliphatic heterocycles. The lowest BCUT2D eigenvalue weighted by Crippen LogP contribution is -2.19. The van der Waals surface area contributed by atoms with Gasteiger partial charge in [-0.1, -0.05) is 18.2 Å². The zero-order valence-corrected chi connectivity index (χ0v) is 14.2. The molecule has 130 valence electrons. The van der Waals surface area contributed by atoms with Crippen molar-refractivity contribution in [3.8, 4) is 0 Å². The van der Waals surface area contributed by atoms with Crippen LogP contribution >= 0.6 is 0 Å². The molecule has 0 aliphatic rings. The van der Waals surface area contributed by atoms with Gasteiger partial charge in [0.2, 0.25) is 5.91 Å². The van der Waals surface area contributed by atoms with Gasteiger partial charge in [-0.3, -0.25) is 9.36 Å². The molecule has 1 amide bonds. The van der Waals surface area contributed by atoms with Gasteiger partial charge in [0.15, 0.2) is 15.4 Å². The standard InChI is InChI=1S/C17H16N2O5S/c1-25(22,23)13-6-4-5-12(11-13)18-16(20)9-10-19-14-7-2-3-8-15(14)24-17(19)21/h2-8,11H,9-10H2,1H3,(H,18,20). The third-order valence-corrected chi connectivity index (χ3v) is 4.79. The Kier molecular flexibility index (Phi) is 4.45. The number of nitrogens with zero attached hydrogens (tertiary/aromatic N) is 1. The number of aromatic nitrogens is 1.